The Morgan fingerprint density at radius 2 is 1.67 bits per heavy atom. The van der Waals surface area contributed by atoms with Gasteiger partial charge in [-0.2, -0.15) is 0 Å². The molecule has 0 aliphatic heterocycles. The van der Waals surface area contributed by atoms with Crippen molar-refractivity contribution in [1.82, 2.24) is 9.88 Å². The summed E-state index contributed by atoms with van der Waals surface area (Å²) in [6.07, 6.45) is 0. The first-order valence-electron chi connectivity index (χ1n) is 10.8. The fourth-order valence-corrected chi connectivity index (χ4v) is 4.46. The van der Waals surface area contributed by atoms with Gasteiger partial charge in [0.1, 0.15) is 22.8 Å². The topological polar surface area (TPSA) is 64.1 Å². The van der Waals surface area contributed by atoms with Crippen molar-refractivity contribution in [2.45, 2.75) is 20.8 Å². The summed E-state index contributed by atoms with van der Waals surface area (Å²) in [6.45, 7) is 9.84. The smallest absolute Gasteiger partial charge is 0.260 e. The Labute approximate surface area is 205 Å². The maximum atomic E-state index is 13.7. The van der Waals surface area contributed by atoms with Gasteiger partial charge in [-0.1, -0.05) is 31.3 Å². The summed E-state index contributed by atoms with van der Waals surface area (Å²) in [6, 6.07) is 11.1. The molecule has 180 valence electrons. The maximum Gasteiger partial charge on any atom is 0.260 e. The molecule has 0 saturated heterocycles. The number of thiazole rings is 1. The van der Waals surface area contributed by atoms with Crippen LogP contribution in [0.1, 0.15) is 31.1 Å². The van der Waals surface area contributed by atoms with E-state index in [2.05, 4.69) is 18.7 Å². The number of hydrogen-bond donors (Lipinski definition) is 0. The molecule has 0 aliphatic carbocycles. The molecule has 1 amide bonds. The molecule has 0 saturated carbocycles. The number of ether oxygens (including phenoxy) is 3. The minimum atomic E-state index is -0.147. The number of likely N-dealkylation sites (N-methyl/N-ethyl adjacent to an activating group) is 1. The number of benzene rings is 2. The number of rotatable bonds is 11. The van der Waals surface area contributed by atoms with Crippen LogP contribution in [0.3, 0.4) is 0 Å². The van der Waals surface area contributed by atoms with Crippen LogP contribution < -0.4 is 19.1 Å². The molecule has 33 heavy (non-hydrogen) atoms. The number of fused-ring (bicyclic) bond motifs is 1. The van der Waals surface area contributed by atoms with Crippen molar-refractivity contribution in [2.24, 2.45) is 0 Å². The normalized spacial score (nSPS) is 10.7. The van der Waals surface area contributed by atoms with E-state index in [4.69, 9.17) is 19.2 Å². The molecule has 7 nitrogen and oxygen atoms in total. The predicted molar refractivity (Wildman–Crippen MR) is 137 cm³/mol. The van der Waals surface area contributed by atoms with E-state index in [1.54, 1.807) is 37.3 Å². The summed E-state index contributed by atoms with van der Waals surface area (Å²) < 4.78 is 17.5. The second-order valence-corrected chi connectivity index (χ2v) is 8.13. The first-order valence-corrected chi connectivity index (χ1v) is 11.7. The van der Waals surface area contributed by atoms with Gasteiger partial charge in [0.25, 0.3) is 5.91 Å². The lowest BCUT2D eigenvalue weighted by Crippen LogP contribution is -2.38. The molecule has 0 atom stereocenters. The van der Waals surface area contributed by atoms with Crippen molar-refractivity contribution in [3.05, 3.63) is 42.0 Å². The standard InChI is InChI=1S/C24H31N3O4S.ClH/c1-6-26(7-2)12-13-27(23(28)17-14-18(29-4)16-19(15-17)30-5)24-25-22-20(31-8-3)10-9-11-21(22)32-24;/h9-11,14-16H,6-8,12-13H2,1-5H3;1H. The number of para-hydroxylation sites is 1. The molecular weight excluding hydrogens is 462 g/mol. The van der Waals surface area contributed by atoms with E-state index in [-0.39, 0.29) is 18.3 Å². The first kappa shape index (κ1) is 26.7. The lowest BCUT2D eigenvalue weighted by atomic mass is 10.1. The molecule has 0 bridgehead atoms. The lowest BCUT2D eigenvalue weighted by Gasteiger charge is -2.25. The van der Waals surface area contributed by atoms with E-state index >= 15 is 0 Å². The van der Waals surface area contributed by atoms with Gasteiger partial charge in [0, 0.05) is 24.7 Å². The number of hydrogen-bond acceptors (Lipinski definition) is 7. The van der Waals surface area contributed by atoms with Gasteiger partial charge in [0.15, 0.2) is 5.13 Å². The Morgan fingerprint density at radius 1 is 1.00 bits per heavy atom. The summed E-state index contributed by atoms with van der Waals surface area (Å²) in [4.78, 5) is 22.5. The number of carbonyl (C=O) groups excluding carboxylic acids is 1. The highest BCUT2D eigenvalue weighted by molar-refractivity contribution is 7.22. The molecule has 0 unspecified atom stereocenters. The van der Waals surface area contributed by atoms with Gasteiger partial charge in [-0.25, -0.2) is 4.98 Å². The van der Waals surface area contributed by atoms with Crippen LogP contribution in [0.15, 0.2) is 36.4 Å². The number of methoxy groups -OCH3 is 2. The monoisotopic (exact) mass is 493 g/mol. The molecule has 0 N–H and O–H groups in total. The van der Waals surface area contributed by atoms with E-state index < -0.39 is 0 Å². The van der Waals surface area contributed by atoms with E-state index in [0.717, 1.165) is 35.6 Å². The van der Waals surface area contributed by atoms with Gasteiger partial charge < -0.3 is 19.1 Å². The van der Waals surface area contributed by atoms with Crippen LogP contribution in [0.25, 0.3) is 10.2 Å². The third-order valence-electron chi connectivity index (χ3n) is 5.28. The number of anilines is 1. The Hall–Kier alpha value is -2.55. The summed E-state index contributed by atoms with van der Waals surface area (Å²) in [5.74, 6) is 1.72. The second kappa shape index (κ2) is 12.6. The Kier molecular flexibility index (Phi) is 10.2. The van der Waals surface area contributed by atoms with Crippen LogP contribution in [0.2, 0.25) is 0 Å². The van der Waals surface area contributed by atoms with Crippen molar-refractivity contribution in [3.8, 4) is 17.2 Å². The van der Waals surface area contributed by atoms with E-state index in [1.165, 1.54) is 11.3 Å². The van der Waals surface area contributed by atoms with Gasteiger partial charge in [0.2, 0.25) is 0 Å². The number of aromatic nitrogens is 1. The quantitative estimate of drug-likeness (QED) is 0.369. The van der Waals surface area contributed by atoms with Crippen LogP contribution in [0.4, 0.5) is 5.13 Å². The Morgan fingerprint density at radius 3 is 2.24 bits per heavy atom. The van der Waals surface area contributed by atoms with Gasteiger partial charge in [-0.3, -0.25) is 9.69 Å². The molecule has 1 aromatic heterocycles. The molecule has 0 fully saturated rings. The number of carbonyl (C=O) groups is 1. The number of nitrogens with zero attached hydrogens (tertiary/aromatic N) is 3. The van der Waals surface area contributed by atoms with Crippen LogP contribution in [0.5, 0.6) is 17.2 Å². The zero-order chi connectivity index (χ0) is 23.1. The van der Waals surface area contributed by atoms with Gasteiger partial charge in [-0.15, -0.1) is 12.4 Å². The fourth-order valence-electron chi connectivity index (χ4n) is 3.45. The van der Waals surface area contributed by atoms with Crippen molar-refractivity contribution < 1.29 is 19.0 Å². The highest BCUT2D eigenvalue weighted by Crippen LogP contribution is 2.35. The zero-order valence-electron chi connectivity index (χ0n) is 19.8. The van der Waals surface area contributed by atoms with Crippen molar-refractivity contribution in [1.29, 1.82) is 0 Å². The summed E-state index contributed by atoms with van der Waals surface area (Å²) in [5.41, 5.74) is 1.27. The zero-order valence-corrected chi connectivity index (χ0v) is 21.4. The van der Waals surface area contributed by atoms with Gasteiger partial charge in [0.05, 0.1) is 25.5 Å². The minimum Gasteiger partial charge on any atom is -0.497 e. The predicted octanol–water partition coefficient (Wildman–Crippen LogP) is 5.12. The highest BCUT2D eigenvalue weighted by Gasteiger charge is 2.24. The highest BCUT2D eigenvalue weighted by atomic mass is 35.5. The Bertz CT molecular complexity index is 1030. The second-order valence-electron chi connectivity index (χ2n) is 7.12. The van der Waals surface area contributed by atoms with Gasteiger partial charge in [-0.05, 0) is 44.3 Å². The largest absolute Gasteiger partial charge is 0.497 e. The Balaban J connectivity index is 0.00000385. The average molecular weight is 494 g/mol. The third-order valence-corrected chi connectivity index (χ3v) is 6.32. The molecule has 3 rings (SSSR count). The third kappa shape index (κ3) is 6.28. The van der Waals surface area contributed by atoms with Crippen LogP contribution in [-0.4, -0.2) is 62.8 Å². The van der Waals surface area contributed by atoms with Crippen molar-refractivity contribution >= 4 is 45.0 Å². The molecule has 1 heterocycles. The summed E-state index contributed by atoms with van der Waals surface area (Å²) >= 11 is 1.49. The minimum absolute atomic E-state index is 0. The SMILES string of the molecule is CCOc1cccc2sc(N(CCN(CC)CC)C(=O)c3cc(OC)cc(OC)c3)nc12.Cl. The van der Waals surface area contributed by atoms with E-state index in [1.807, 2.05) is 25.1 Å². The molecule has 0 aliphatic rings. The molecule has 0 radical (unpaired) electrons. The fraction of sp³-hybridized carbons (Fsp3) is 0.417. The van der Waals surface area contributed by atoms with Gasteiger partial charge >= 0.3 is 0 Å². The number of amides is 1. The van der Waals surface area contributed by atoms with Crippen molar-refractivity contribution in [2.75, 3.05) is 51.9 Å². The van der Waals surface area contributed by atoms with Crippen LogP contribution in [0, 0.1) is 0 Å². The molecule has 2 aromatic carbocycles. The molecular formula is C24H32ClN3O4S. The van der Waals surface area contributed by atoms with Crippen LogP contribution in [-0.2, 0) is 0 Å². The lowest BCUT2D eigenvalue weighted by molar-refractivity contribution is 0.0983. The maximum absolute atomic E-state index is 13.7. The first-order chi connectivity index (χ1) is 15.5. The van der Waals surface area contributed by atoms with E-state index in [0.29, 0.717) is 35.3 Å². The van der Waals surface area contributed by atoms with E-state index in [9.17, 15) is 4.79 Å². The molecule has 0 spiro atoms. The van der Waals surface area contributed by atoms with Crippen molar-refractivity contribution in [3.63, 3.8) is 0 Å². The summed E-state index contributed by atoms with van der Waals surface area (Å²) in [7, 11) is 3.15. The number of halogens is 1. The summed E-state index contributed by atoms with van der Waals surface area (Å²) in [5, 5.41) is 0.645. The molecule has 3 aromatic rings. The van der Waals surface area contributed by atoms with Crippen LogP contribution >= 0.6 is 23.7 Å². The average Bonchev–Trinajstić information content (AvgIpc) is 3.26. The molecule has 9 heteroatoms.